The highest BCUT2D eigenvalue weighted by atomic mass is 16.5. The zero-order valence-corrected chi connectivity index (χ0v) is 16.7. The summed E-state index contributed by atoms with van der Waals surface area (Å²) < 4.78 is 10.6. The van der Waals surface area contributed by atoms with Crippen molar-refractivity contribution in [2.45, 2.75) is 25.8 Å². The molecule has 0 radical (unpaired) electrons. The van der Waals surface area contributed by atoms with Crippen LogP contribution in [0.2, 0.25) is 0 Å². The van der Waals surface area contributed by atoms with Crippen molar-refractivity contribution < 1.29 is 24.2 Å². The maximum absolute atomic E-state index is 12.9. The van der Waals surface area contributed by atoms with Crippen LogP contribution in [0.3, 0.4) is 0 Å². The molecule has 1 N–H and O–H groups in total. The Bertz CT molecular complexity index is 939. The number of aromatic nitrogens is 1. The molecular weight excluding hydrogens is 372 g/mol. The van der Waals surface area contributed by atoms with Crippen LogP contribution in [0.5, 0.6) is 11.5 Å². The third-order valence-corrected chi connectivity index (χ3v) is 4.92. The number of carbonyl (C=O) groups excluding carboxylic acids is 2. The van der Waals surface area contributed by atoms with Gasteiger partial charge in [-0.3, -0.25) is 14.6 Å². The van der Waals surface area contributed by atoms with Gasteiger partial charge in [-0.1, -0.05) is 19.4 Å². The number of nitrogens with zero attached hydrogens (tertiary/aromatic N) is 2. The fourth-order valence-corrected chi connectivity index (χ4v) is 3.43. The molecule has 29 heavy (non-hydrogen) atoms. The Morgan fingerprint density at radius 1 is 1.17 bits per heavy atom. The van der Waals surface area contributed by atoms with Gasteiger partial charge in [0.25, 0.3) is 11.7 Å². The van der Waals surface area contributed by atoms with E-state index in [0.717, 1.165) is 12.8 Å². The molecule has 2 heterocycles. The van der Waals surface area contributed by atoms with Gasteiger partial charge in [0, 0.05) is 12.7 Å². The topological polar surface area (TPSA) is 89.0 Å². The number of unbranched alkanes of at least 4 members (excludes halogenated alkanes) is 1. The van der Waals surface area contributed by atoms with Crippen LogP contribution in [-0.2, 0) is 9.59 Å². The normalized spacial score (nSPS) is 18.2. The highest BCUT2D eigenvalue weighted by Gasteiger charge is 2.46. The van der Waals surface area contributed by atoms with Gasteiger partial charge in [0.05, 0.1) is 31.1 Å². The van der Waals surface area contributed by atoms with Crippen LogP contribution in [0.15, 0.2) is 48.2 Å². The number of hydrogen-bond donors (Lipinski definition) is 1. The molecule has 7 heteroatoms. The van der Waals surface area contributed by atoms with Crippen LogP contribution >= 0.6 is 0 Å². The zero-order valence-electron chi connectivity index (χ0n) is 16.7. The van der Waals surface area contributed by atoms with Crippen molar-refractivity contribution in [1.82, 2.24) is 9.88 Å². The number of aliphatic hydroxyl groups is 1. The maximum Gasteiger partial charge on any atom is 0.295 e. The molecule has 3 rings (SSSR count). The van der Waals surface area contributed by atoms with Crippen molar-refractivity contribution in [1.29, 1.82) is 0 Å². The van der Waals surface area contributed by atoms with E-state index in [1.807, 2.05) is 6.92 Å². The van der Waals surface area contributed by atoms with Crippen molar-refractivity contribution in [2.24, 2.45) is 0 Å². The minimum Gasteiger partial charge on any atom is -0.507 e. The Balaban J connectivity index is 2.21. The number of amides is 1. The molecule has 1 amide bonds. The van der Waals surface area contributed by atoms with Crippen molar-refractivity contribution in [2.75, 3.05) is 20.8 Å². The van der Waals surface area contributed by atoms with Crippen LogP contribution in [0.1, 0.15) is 37.1 Å². The molecule has 0 aliphatic carbocycles. The Kier molecular flexibility index (Phi) is 6.16. The lowest BCUT2D eigenvalue weighted by molar-refractivity contribution is -0.140. The first-order valence-corrected chi connectivity index (χ1v) is 9.45. The molecule has 0 bridgehead atoms. The Morgan fingerprint density at radius 2 is 1.97 bits per heavy atom. The number of likely N-dealkylation sites (tertiary alicyclic amines) is 1. The monoisotopic (exact) mass is 396 g/mol. The Morgan fingerprint density at radius 3 is 2.59 bits per heavy atom. The molecule has 1 unspecified atom stereocenters. The van der Waals surface area contributed by atoms with Gasteiger partial charge in [0.15, 0.2) is 0 Å². The summed E-state index contributed by atoms with van der Waals surface area (Å²) >= 11 is 0. The van der Waals surface area contributed by atoms with E-state index >= 15 is 0 Å². The van der Waals surface area contributed by atoms with Crippen molar-refractivity contribution in [3.63, 3.8) is 0 Å². The number of pyridine rings is 1. The summed E-state index contributed by atoms with van der Waals surface area (Å²) in [4.78, 5) is 31.5. The molecule has 1 aromatic heterocycles. The Hall–Kier alpha value is -3.35. The van der Waals surface area contributed by atoms with E-state index < -0.39 is 17.7 Å². The summed E-state index contributed by atoms with van der Waals surface area (Å²) in [5, 5.41) is 11.1. The van der Waals surface area contributed by atoms with Gasteiger partial charge < -0.3 is 19.5 Å². The van der Waals surface area contributed by atoms with Crippen molar-refractivity contribution in [3.8, 4) is 11.5 Å². The third-order valence-electron chi connectivity index (χ3n) is 4.92. The van der Waals surface area contributed by atoms with Crippen LogP contribution in [-0.4, -0.2) is 47.4 Å². The minimum atomic E-state index is -0.765. The lowest BCUT2D eigenvalue weighted by atomic mass is 9.97. The molecule has 1 fully saturated rings. The molecule has 1 aromatic carbocycles. The summed E-state index contributed by atoms with van der Waals surface area (Å²) in [6.07, 6.45) is 3.20. The minimum absolute atomic E-state index is 0.00337. The van der Waals surface area contributed by atoms with Crippen molar-refractivity contribution in [3.05, 3.63) is 59.4 Å². The average molecular weight is 396 g/mol. The highest BCUT2D eigenvalue weighted by molar-refractivity contribution is 6.46. The maximum atomic E-state index is 12.9. The summed E-state index contributed by atoms with van der Waals surface area (Å²) in [6.45, 7) is 2.40. The second-order valence-corrected chi connectivity index (χ2v) is 6.67. The summed E-state index contributed by atoms with van der Waals surface area (Å²) in [5.41, 5.74) is 0.795. The first kappa shape index (κ1) is 20.4. The summed E-state index contributed by atoms with van der Waals surface area (Å²) in [7, 11) is 2.97. The number of Topliss-reactive ketones (excluding diaryl/α,β-unsaturated/α-hetero) is 1. The lowest BCUT2D eigenvalue weighted by Crippen LogP contribution is -2.31. The molecule has 152 valence electrons. The fourth-order valence-electron chi connectivity index (χ4n) is 3.43. The largest absolute Gasteiger partial charge is 0.507 e. The SMILES string of the molecule is CCCCN1C(=O)C(=O)/C(=C(/O)c2cc(OC)ccc2OC)C1c1ccccn1. The smallest absolute Gasteiger partial charge is 0.295 e. The van der Waals surface area contributed by atoms with Gasteiger partial charge in [-0.05, 0) is 36.8 Å². The van der Waals surface area contributed by atoms with E-state index in [2.05, 4.69) is 4.98 Å². The first-order valence-electron chi connectivity index (χ1n) is 9.45. The molecular formula is C22H24N2O5. The zero-order chi connectivity index (χ0) is 21.0. The van der Waals surface area contributed by atoms with Crippen molar-refractivity contribution >= 4 is 17.4 Å². The number of aliphatic hydroxyl groups excluding tert-OH is 1. The second-order valence-electron chi connectivity index (χ2n) is 6.67. The first-order chi connectivity index (χ1) is 14.0. The standard InChI is InChI=1S/C22H24N2O5/c1-4-5-12-24-19(16-8-6-7-11-23-16)18(21(26)22(24)27)20(25)15-13-14(28-2)9-10-17(15)29-3/h6-11,13,19,25H,4-5,12H2,1-3H3/b20-18+. The van der Waals surface area contributed by atoms with E-state index in [-0.39, 0.29) is 16.9 Å². The molecule has 7 nitrogen and oxygen atoms in total. The number of rotatable bonds is 7. The number of hydrogen-bond acceptors (Lipinski definition) is 6. The molecule has 1 saturated heterocycles. The molecule has 1 aliphatic rings. The number of methoxy groups -OCH3 is 2. The van der Waals surface area contributed by atoms with E-state index in [4.69, 9.17) is 9.47 Å². The van der Waals surface area contributed by atoms with Gasteiger partial charge in [-0.15, -0.1) is 0 Å². The third kappa shape index (κ3) is 3.81. The van der Waals surface area contributed by atoms with Crippen LogP contribution in [0.4, 0.5) is 0 Å². The molecule has 0 spiro atoms. The number of ketones is 1. The van der Waals surface area contributed by atoms with E-state index in [9.17, 15) is 14.7 Å². The average Bonchev–Trinajstić information content (AvgIpc) is 3.02. The number of carbonyl (C=O) groups is 2. The van der Waals surface area contributed by atoms with Gasteiger partial charge in [-0.25, -0.2) is 0 Å². The van der Waals surface area contributed by atoms with Gasteiger partial charge in [0.2, 0.25) is 0 Å². The van der Waals surface area contributed by atoms with Gasteiger partial charge >= 0.3 is 0 Å². The molecule has 1 atom stereocenters. The van der Waals surface area contributed by atoms with Crippen LogP contribution < -0.4 is 9.47 Å². The lowest BCUT2D eigenvalue weighted by Gasteiger charge is -2.24. The summed E-state index contributed by atoms with van der Waals surface area (Å²) in [6, 6.07) is 9.41. The number of ether oxygens (including phenoxy) is 2. The Labute approximate surface area is 169 Å². The summed E-state index contributed by atoms with van der Waals surface area (Å²) in [5.74, 6) is -0.838. The predicted molar refractivity (Wildman–Crippen MR) is 108 cm³/mol. The van der Waals surface area contributed by atoms with Crippen LogP contribution in [0, 0.1) is 0 Å². The van der Waals surface area contributed by atoms with Gasteiger partial charge in [0.1, 0.15) is 23.3 Å². The van der Waals surface area contributed by atoms with E-state index in [1.165, 1.54) is 19.1 Å². The fraction of sp³-hybridized carbons (Fsp3) is 0.318. The molecule has 2 aromatic rings. The highest BCUT2D eigenvalue weighted by Crippen LogP contribution is 2.41. The number of benzene rings is 1. The van der Waals surface area contributed by atoms with Gasteiger partial charge in [-0.2, -0.15) is 0 Å². The molecule has 1 aliphatic heterocycles. The predicted octanol–water partition coefficient (Wildman–Crippen LogP) is 3.32. The van der Waals surface area contributed by atoms with E-state index in [0.29, 0.717) is 23.7 Å². The molecule has 0 saturated carbocycles. The van der Waals surface area contributed by atoms with Crippen LogP contribution in [0.25, 0.3) is 5.76 Å². The van der Waals surface area contributed by atoms with E-state index in [1.54, 1.807) is 42.6 Å². The second kappa shape index (κ2) is 8.77. The quantitative estimate of drug-likeness (QED) is 0.439.